The Morgan fingerprint density at radius 2 is 1.92 bits per heavy atom. The SMILES string of the molecule is CNCCNC(=O)c1cccc(Oc2ccc(C(F)C(F)F)cc2Cl)c1. The molecule has 0 heterocycles. The van der Waals surface area contributed by atoms with Crippen molar-refractivity contribution in [2.75, 3.05) is 20.1 Å². The Morgan fingerprint density at radius 3 is 2.58 bits per heavy atom. The number of halogens is 4. The number of benzene rings is 2. The standard InChI is InChI=1S/C18H18ClF3N2O2/c1-23-7-8-24-18(25)12-3-2-4-13(9-12)26-15-6-5-11(10-14(15)19)16(20)17(21)22/h2-6,9-10,16-17,23H,7-8H2,1H3,(H,24,25). The second kappa shape index (κ2) is 9.45. The van der Waals surface area contributed by atoms with Gasteiger partial charge in [-0.15, -0.1) is 0 Å². The highest BCUT2D eigenvalue weighted by molar-refractivity contribution is 6.32. The summed E-state index contributed by atoms with van der Waals surface area (Å²) in [5, 5.41) is 5.65. The van der Waals surface area contributed by atoms with Gasteiger partial charge in [0.2, 0.25) is 0 Å². The lowest BCUT2D eigenvalue weighted by atomic mass is 10.1. The van der Waals surface area contributed by atoms with Crippen LogP contribution in [0.1, 0.15) is 22.1 Å². The zero-order valence-electron chi connectivity index (χ0n) is 13.9. The van der Waals surface area contributed by atoms with Crippen LogP contribution in [0.5, 0.6) is 11.5 Å². The average Bonchev–Trinajstić information content (AvgIpc) is 2.63. The van der Waals surface area contributed by atoms with Crippen LogP contribution in [-0.2, 0) is 0 Å². The Bertz CT molecular complexity index is 759. The van der Waals surface area contributed by atoms with E-state index in [9.17, 15) is 18.0 Å². The van der Waals surface area contributed by atoms with Crippen LogP contribution in [0.15, 0.2) is 42.5 Å². The Kier molecular flexibility index (Phi) is 7.29. The number of hydrogen-bond donors (Lipinski definition) is 2. The summed E-state index contributed by atoms with van der Waals surface area (Å²) in [7, 11) is 1.78. The number of rotatable bonds is 8. The molecule has 0 aliphatic heterocycles. The van der Waals surface area contributed by atoms with Crippen LogP contribution in [-0.4, -0.2) is 32.5 Å². The molecular weight excluding hydrogens is 369 g/mol. The highest BCUT2D eigenvalue weighted by Crippen LogP contribution is 2.34. The molecule has 0 bridgehead atoms. The lowest BCUT2D eigenvalue weighted by Gasteiger charge is -2.12. The van der Waals surface area contributed by atoms with Gasteiger partial charge in [-0.1, -0.05) is 23.7 Å². The molecule has 4 nitrogen and oxygen atoms in total. The van der Waals surface area contributed by atoms with E-state index in [0.29, 0.717) is 24.4 Å². The van der Waals surface area contributed by atoms with E-state index in [-0.39, 0.29) is 22.2 Å². The van der Waals surface area contributed by atoms with E-state index in [1.54, 1.807) is 25.2 Å². The largest absolute Gasteiger partial charge is 0.456 e. The van der Waals surface area contributed by atoms with Crippen LogP contribution in [0.25, 0.3) is 0 Å². The van der Waals surface area contributed by atoms with Crippen molar-refractivity contribution >= 4 is 17.5 Å². The van der Waals surface area contributed by atoms with Gasteiger partial charge in [-0.3, -0.25) is 4.79 Å². The van der Waals surface area contributed by atoms with E-state index >= 15 is 0 Å². The highest BCUT2D eigenvalue weighted by Gasteiger charge is 2.22. The zero-order valence-corrected chi connectivity index (χ0v) is 14.7. The second-order valence-corrected chi connectivity index (χ2v) is 5.82. The minimum absolute atomic E-state index is 0.00493. The summed E-state index contributed by atoms with van der Waals surface area (Å²) in [5.41, 5.74) is 0.169. The average molecular weight is 387 g/mol. The molecule has 1 amide bonds. The quantitative estimate of drug-likeness (QED) is 0.663. The fraction of sp³-hybridized carbons (Fsp3) is 0.278. The van der Waals surface area contributed by atoms with Crippen molar-refractivity contribution in [1.82, 2.24) is 10.6 Å². The maximum Gasteiger partial charge on any atom is 0.273 e. The molecule has 8 heteroatoms. The highest BCUT2D eigenvalue weighted by atomic mass is 35.5. The normalized spacial score (nSPS) is 12.1. The first-order valence-corrected chi connectivity index (χ1v) is 8.22. The van der Waals surface area contributed by atoms with E-state index in [4.69, 9.17) is 16.3 Å². The topological polar surface area (TPSA) is 50.4 Å². The van der Waals surface area contributed by atoms with Crippen molar-refractivity contribution in [2.24, 2.45) is 0 Å². The summed E-state index contributed by atoms with van der Waals surface area (Å²) >= 11 is 5.99. The smallest absolute Gasteiger partial charge is 0.273 e. The molecule has 0 fully saturated rings. The van der Waals surface area contributed by atoms with Gasteiger partial charge in [0, 0.05) is 18.7 Å². The summed E-state index contributed by atoms with van der Waals surface area (Å²) in [5.74, 6) is 0.251. The van der Waals surface area contributed by atoms with E-state index in [1.807, 2.05) is 0 Å². The van der Waals surface area contributed by atoms with E-state index in [2.05, 4.69) is 10.6 Å². The summed E-state index contributed by atoms with van der Waals surface area (Å²) < 4.78 is 43.8. The summed E-state index contributed by atoms with van der Waals surface area (Å²) in [4.78, 5) is 12.0. The van der Waals surface area contributed by atoms with Crippen molar-refractivity contribution in [2.45, 2.75) is 12.6 Å². The first-order chi connectivity index (χ1) is 12.4. The van der Waals surface area contributed by atoms with Gasteiger partial charge in [-0.05, 0) is 42.9 Å². The molecule has 26 heavy (non-hydrogen) atoms. The predicted molar refractivity (Wildman–Crippen MR) is 94.1 cm³/mol. The molecule has 1 atom stereocenters. The number of carbonyl (C=O) groups is 1. The Balaban J connectivity index is 2.11. The zero-order chi connectivity index (χ0) is 19.1. The Labute approximate surface area is 154 Å². The Morgan fingerprint density at radius 1 is 1.15 bits per heavy atom. The van der Waals surface area contributed by atoms with Crippen LogP contribution in [0, 0.1) is 0 Å². The number of amides is 1. The molecule has 2 aromatic rings. The summed E-state index contributed by atoms with van der Waals surface area (Å²) in [6.07, 6.45) is -5.54. The van der Waals surface area contributed by atoms with Gasteiger partial charge in [0.1, 0.15) is 11.5 Å². The third-order valence-corrected chi connectivity index (χ3v) is 3.78. The minimum atomic E-state index is -3.13. The number of nitrogens with one attached hydrogen (secondary N) is 2. The number of hydrogen-bond acceptors (Lipinski definition) is 3. The van der Waals surface area contributed by atoms with Crippen molar-refractivity contribution in [3.05, 3.63) is 58.6 Å². The van der Waals surface area contributed by atoms with Crippen LogP contribution in [0.2, 0.25) is 5.02 Å². The van der Waals surface area contributed by atoms with Crippen molar-refractivity contribution < 1.29 is 22.7 Å². The van der Waals surface area contributed by atoms with Gasteiger partial charge in [-0.2, -0.15) is 0 Å². The lowest BCUT2D eigenvalue weighted by molar-refractivity contribution is 0.0495. The van der Waals surface area contributed by atoms with E-state index in [0.717, 1.165) is 6.07 Å². The molecule has 2 rings (SSSR count). The second-order valence-electron chi connectivity index (χ2n) is 5.42. The molecule has 2 N–H and O–H groups in total. The third kappa shape index (κ3) is 5.37. The third-order valence-electron chi connectivity index (χ3n) is 3.48. The van der Waals surface area contributed by atoms with Crippen LogP contribution < -0.4 is 15.4 Å². The van der Waals surface area contributed by atoms with Crippen LogP contribution in [0.4, 0.5) is 13.2 Å². The maximum atomic E-state index is 13.4. The molecule has 1 unspecified atom stereocenters. The molecule has 0 aliphatic rings. The number of likely N-dealkylation sites (N-methyl/N-ethyl adjacent to an activating group) is 1. The van der Waals surface area contributed by atoms with E-state index < -0.39 is 12.6 Å². The van der Waals surface area contributed by atoms with Crippen molar-refractivity contribution in [3.63, 3.8) is 0 Å². The molecule has 0 saturated heterocycles. The monoisotopic (exact) mass is 386 g/mol. The molecule has 0 saturated carbocycles. The first-order valence-electron chi connectivity index (χ1n) is 7.84. The Hall–Kier alpha value is -2.25. The fourth-order valence-electron chi connectivity index (χ4n) is 2.15. The molecule has 0 aromatic heterocycles. The van der Waals surface area contributed by atoms with Gasteiger partial charge in [-0.25, -0.2) is 13.2 Å². The predicted octanol–water partition coefficient (Wildman–Crippen LogP) is 4.36. The molecule has 0 spiro atoms. The number of ether oxygens (including phenoxy) is 1. The molecule has 0 aliphatic carbocycles. The first kappa shape index (κ1) is 20.1. The molecular formula is C18H18ClF3N2O2. The molecule has 0 radical (unpaired) electrons. The number of carbonyl (C=O) groups excluding carboxylic acids is 1. The van der Waals surface area contributed by atoms with Gasteiger partial charge >= 0.3 is 0 Å². The molecule has 140 valence electrons. The molecule has 2 aromatic carbocycles. The lowest BCUT2D eigenvalue weighted by Crippen LogP contribution is -2.30. The fourth-order valence-corrected chi connectivity index (χ4v) is 2.38. The minimum Gasteiger partial charge on any atom is -0.456 e. The van der Waals surface area contributed by atoms with Gasteiger partial charge in [0.15, 0.2) is 6.17 Å². The summed E-state index contributed by atoms with van der Waals surface area (Å²) in [6.45, 7) is 1.11. The maximum absolute atomic E-state index is 13.4. The van der Waals surface area contributed by atoms with Crippen molar-refractivity contribution in [1.29, 1.82) is 0 Å². The van der Waals surface area contributed by atoms with E-state index in [1.165, 1.54) is 18.2 Å². The number of alkyl halides is 3. The summed E-state index contributed by atoms with van der Waals surface area (Å²) in [6, 6.07) is 10.0. The van der Waals surface area contributed by atoms with Gasteiger partial charge < -0.3 is 15.4 Å². The van der Waals surface area contributed by atoms with Crippen LogP contribution >= 0.6 is 11.6 Å². The van der Waals surface area contributed by atoms with Crippen LogP contribution in [0.3, 0.4) is 0 Å². The van der Waals surface area contributed by atoms with Crippen molar-refractivity contribution in [3.8, 4) is 11.5 Å². The van der Waals surface area contributed by atoms with Gasteiger partial charge in [0.05, 0.1) is 5.02 Å². The van der Waals surface area contributed by atoms with Gasteiger partial charge in [0.25, 0.3) is 12.3 Å².